The molecule has 2 heterocycles. The van der Waals surface area contributed by atoms with Crippen molar-refractivity contribution in [2.24, 2.45) is 0 Å². The lowest BCUT2D eigenvalue weighted by atomic mass is 9.98. The molecule has 0 saturated carbocycles. The lowest BCUT2D eigenvalue weighted by Crippen LogP contribution is -2.48. The van der Waals surface area contributed by atoms with Crippen molar-refractivity contribution in [3.8, 4) is 17.1 Å². The van der Waals surface area contributed by atoms with Crippen LogP contribution >= 0.6 is 0 Å². The first kappa shape index (κ1) is 22.8. The number of nitrogens with one attached hydrogen (secondary N) is 2. The fourth-order valence-electron chi connectivity index (χ4n) is 3.85. The van der Waals surface area contributed by atoms with Crippen LogP contribution in [0, 0.1) is 0 Å². The lowest BCUT2D eigenvalue weighted by molar-refractivity contribution is -0.113. The number of carbonyl (C=O) groups excluding carboxylic acids is 1. The van der Waals surface area contributed by atoms with Gasteiger partial charge in [0.1, 0.15) is 11.9 Å². The van der Waals surface area contributed by atoms with Gasteiger partial charge in [0, 0.05) is 31.1 Å². The number of hydrogen-bond donors (Lipinski definition) is 3. The summed E-state index contributed by atoms with van der Waals surface area (Å²) in [5, 5.41) is 20.1. The van der Waals surface area contributed by atoms with E-state index < -0.39 is 12.2 Å². The number of aliphatic hydroxyl groups is 1. The van der Waals surface area contributed by atoms with E-state index in [0.29, 0.717) is 31.6 Å². The van der Waals surface area contributed by atoms with Gasteiger partial charge in [-0.25, -0.2) is 4.79 Å². The molecule has 0 aliphatic carbocycles. The number of aliphatic hydroxyl groups excluding tert-OH is 1. The van der Waals surface area contributed by atoms with E-state index in [1.165, 1.54) is 0 Å². The molecule has 174 valence electrons. The molecule has 3 aromatic rings. The van der Waals surface area contributed by atoms with E-state index in [0.717, 1.165) is 22.6 Å². The molecule has 8 heteroatoms. The number of amides is 2. The molecule has 8 nitrogen and oxygen atoms in total. The van der Waals surface area contributed by atoms with Crippen molar-refractivity contribution in [2.45, 2.75) is 44.1 Å². The van der Waals surface area contributed by atoms with Crippen LogP contribution in [0.3, 0.4) is 0 Å². The van der Waals surface area contributed by atoms with Crippen molar-refractivity contribution in [3.05, 3.63) is 71.9 Å². The molecule has 1 aliphatic rings. The highest BCUT2D eigenvalue weighted by Gasteiger charge is 2.30. The van der Waals surface area contributed by atoms with Crippen LogP contribution in [0.15, 0.2) is 65.2 Å². The molecule has 4 rings (SSSR count). The van der Waals surface area contributed by atoms with Gasteiger partial charge in [0.15, 0.2) is 5.76 Å². The number of ether oxygens (including phenoxy) is 2. The molecule has 3 atom stereocenters. The number of nitrogens with zero attached hydrogens (tertiary/aromatic N) is 1. The minimum Gasteiger partial charge on any atom is -0.497 e. The zero-order valence-electron chi connectivity index (χ0n) is 18.6. The number of hydrogen-bond acceptors (Lipinski definition) is 6. The van der Waals surface area contributed by atoms with Gasteiger partial charge in [-0.3, -0.25) is 0 Å². The minimum absolute atomic E-state index is 0.110. The van der Waals surface area contributed by atoms with Crippen LogP contribution < -0.4 is 15.4 Å². The Morgan fingerprint density at radius 2 is 1.91 bits per heavy atom. The molecule has 3 unspecified atom stereocenters. The van der Waals surface area contributed by atoms with Crippen LogP contribution in [0.5, 0.6) is 5.75 Å². The third kappa shape index (κ3) is 6.34. The predicted octanol–water partition coefficient (Wildman–Crippen LogP) is 3.30. The van der Waals surface area contributed by atoms with Gasteiger partial charge in [-0.2, -0.15) is 0 Å². The standard InChI is InChI=1S/C25H29N3O5/c1-31-20-9-7-18(8-10-20)23-14-19(28-33-23)13-21-11-12-22(29)24(32-21)16-27-25(30)26-15-17-5-3-2-4-6-17/h2-10,14,21-22,24,29H,11-13,15-16H2,1H3,(H2,26,27,30). The Morgan fingerprint density at radius 3 is 2.67 bits per heavy atom. The molecule has 0 bridgehead atoms. The summed E-state index contributed by atoms with van der Waals surface area (Å²) in [7, 11) is 1.63. The monoisotopic (exact) mass is 451 g/mol. The summed E-state index contributed by atoms with van der Waals surface area (Å²) >= 11 is 0. The second-order valence-corrected chi connectivity index (χ2v) is 8.11. The van der Waals surface area contributed by atoms with Gasteiger partial charge in [-0.05, 0) is 42.7 Å². The largest absolute Gasteiger partial charge is 0.497 e. The van der Waals surface area contributed by atoms with Crippen molar-refractivity contribution in [3.63, 3.8) is 0 Å². The molecule has 1 aliphatic heterocycles. The number of rotatable bonds is 8. The molecular formula is C25H29N3O5. The van der Waals surface area contributed by atoms with E-state index in [-0.39, 0.29) is 18.7 Å². The fourth-order valence-corrected chi connectivity index (χ4v) is 3.85. The van der Waals surface area contributed by atoms with E-state index in [4.69, 9.17) is 14.0 Å². The average Bonchev–Trinajstić information content (AvgIpc) is 3.32. The van der Waals surface area contributed by atoms with Gasteiger partial charge in [0.25, 0.3) is 0 Å². The Kier molecular flexibility index (Phi) is 7.59. The molecule has 33 heavy (non-hydrogen) atoms. The normalized spacial score (nSPS) is 20.2. The summed E-state index contributed by atoms with van der Waals surface area (Å²) in [5.41, 5.74) is 2.72. The summed E-state index contributed by atoms with van der Waals surface area (Å²) in [6.07, 6.45) is 0.681. The van der Waals surface area contributed by atoms with Crippen molar-refractivity contribution in [2.75, 3.05) is 13.7 Å². The van der Waals surface area contributed by atoms with Crippen molar-refractivity contribution < 1.29 is 23.9 Å². The van der Waals surface area contributed by atoms with Crippen molar-refractivity contribution in [1.29, 1.82) is 0 Å². The Balaban J connectivity index is 1.26. The first-order valence-electron chi connectivity index (χ1n) is 11.1. The van der Waals surface area contributed by atoms with E-state index in [2.05, 4.69) is 15.8 Å². The van der Waals surface area contributed by atoms with Gasteiger partial charge in [-0.15, -0.1) is 0 Å². The lowest BCUT2D eigenvalue weighted by Gasteiger charge is -2.33. The number of methoxy groups -OCH3 is 1. The Labute approximate surface area is 192 Å². The van der Waals surface area contributed by atoms with E-state index in [9.17, 15) is 9.90 Å². The van der Waals surface area contributed by atoms with Crippen LogP contribution in [0.25, 0.3) is 11.3 Å². The molecule has 2 aromatic carbocycles. The fraction of sp³-hybridized carbons (Fsp3) is 0.360. The first-order chi connectivity index (χ1) is 16.1. The van der Waals surface area contributed by atoms with Gasteiger partial charge >= 0.3 is 6.03 Å². The molecule has 0 radical (unpaired) electrons. The maximum absolute atomic E-state index is 12.1. The maximum atomic E-state index is 12.1. The summed E-state index contributed by atoms with van der Waals surface area (Å²) in [4.78, 5) is 12.1. The summed E-state index contributed by atoms with van der Waals surface area (Å²) < 4.78 is 16.7. The molecule has 1 aromatic heterocycles. The van der Waals surface area contributed by atoms with Crippen LogP contribution in [0.2, 0.25) is 0 Å². The molecule has 1 fully saturated rings. The molecule has 0 spiro atoms. The Bertz CT molecular complexity index is 1020. The minimum atomic E-state index is -0.622. The number of benzene rings is 2. The number of carbonyl (C=O) groups is 1. The SMILES string of the molecule is COc1ccc(-c2cc(CC3CCC(O)C(CNC(=O)NCc4ccccc4)O3)no2)cc1. The van der Waals surface area contributed by atoms with Crippen molar-refractivity contribution >= 4 is 6.03 Å². The zero-order chi connectivity index (χ0) is 23.0. The highest BCUT2D eigenvalue weighted by molar-refractivity contribution is 5.73. The van der Waals surface area contributed by atoms with E-state index in [1.54, 1.807) is 7.11 Å². The van der Waals surface area contributed by atoms with E-state index >= 15 is 0 Å². The molecular weight excluding hydrogens is 422 g/mol. The van der Waals surface area contributed by atoms with Gasteiger partial charge in [-0.1, -0.05) is 35.5 Å². The predicted molar refractivity (Wildman–Crippen MR) is 123 cm³/mol. The number of urea groups is 1. The van der Waals surface area contributed by atoms with Crippen molar-refractivity contribution in [1.82, 2.24) is 15.8 Å². The molecule has 1 saturated heterocycles. The molecule has 2 amide bonds. The quantitative estimate of drug-likeness (QED) is 0.485. The zero-order valence-corrected chi connectivity index (χ0v) is 18.6. The highest BCUT2D eigenvalue weighted by atomic mass is 16.5. The summed E-state index contributed by atoms with van der Waals surface area (Å²) in [5.74, 6) is 1.46. The third-order valence-corrected chi connectivity index (χ3v) is 5.71. The topological polar surface area (TPSA) is 106 Å². The maximum Gasteiger partial charge on any atom is 0.315 e. The second-order valence-electron chi connectivity index (χ2n) is 8.11. The Morgan fingerprint density at radius 1 is 1.12 bits per heavy atom. The highest BCUT2D eigenvalue weighted by Crippen LogP contribution is 2.26. The van der Waals surface area contributed by atoms with Crippen LogP contribution in [-0.2, 0) is 17.7 Å². The third-order valence-electron chi connectivity index (χ3n) is 5.71. The smallest absolute Gasteiger partial charge is 0.315 e. The van der Waals surface area contributed by atoms with Gasteiger partial charge < -0.3 is 29.7 Å². The van der Waals surface area contributed by atoms with Crippen LogP contribution in [0.4, 0.5) is 4.79 Å². The van der Waals surface area contributed by atoms with Crippen LogP contribution in [0.1, 0.15) is 24.1 Å². The first-order valence-corrected chi connectivity index (χ1v) is 11.1. The van der Waals surface area contributed by atoms with Gasteiger partial charge in [0.05, 0.1) is 25.0 Å². The molecule has 3 N–H and O–H groups in total. The van der Waals surface area contributed by atoms with Gasteiger partial charge in [0.2, 0.25) is 0 Å². The Hall–Kier alpha value is -3.36. The number of aromatic nitrogens is 1. The summed E-state index contributed by atoms with van der Waals surface area (Å²) in [6.45, 7) is 0.667. The summed E-state index contributed by atoms with van der Waals surface area (Å²) in [6, 6.07) is 18.9. The van der Waals surface area contributed by atoms with Crippen LogP contribution in [-0.4, -0.2) is 48.3 Å². The average molecular weight is 452 g/mol. The van der Waals surface area contributed by atoms with E-state index in [1.807, 2.05) is 60.7 Å². The second kappa shape index (κ2) is 11.0.